The minimum atomic E-state index is -1.41. The number of nitrogens with one attached hydrogen (secondary N) is 2. The third-order valence-electron chi connectivity index (χ3n) is 5.72. The van der Waals surface area contributed by atoms with E-state index in [0.29, 0.717) is 45.2 Å². The molecule has 194 valence electrons. The summed E-state index contributed by atoms with van der Waals surface area (Å²) in [5, 5.41) is 23.1. The van der Waals surface area contributed by atoms with E-state index in [0.717, 1.165) is 0 Å². The van der Waals surface area contributed by atoms with E-state index >= 15 is 0 Å². The molecule has 1 rings (SSSR count). The van der Waals surface area contributed by atoms with Crippen molar-refractivity contribution in [1.82, 2.24) is 15.5 Å². The molecule has 0 aliphatic carbocycles. The van der Waals surface area contributed by atoms with E-state index in [-0.39, 0.29) is 24.7 Å². The van der Waals surface area contributed by atoms with E-state index in [9.17, 15) is 29.1 Å². The van der Waals surface area contributed by atoms with Crippen molar-refractivity contribution in [2.45, 2.75) is 89.4 Å². The normalized spacial score (nSPS) is 18.3. The zero-order valence-electron chi connectivity index (χ0n) is 20.0. The van der Waals surface area contributed by atoms with E-state index in [1.165, 1.54) is 4.90 Å². The predicted octanol–water partition coefficient (Wildman–Crippen LogP) is -0.601. The van der Waals surface area contributed by atoms with Crippen LogP contribution in [0.5, 0.6) is 0 Å². The molecule has 1 heterocycles. The summed E-state index contributed by atoms with van der Waals surface area (Å²) in [7, 11) is 0. The Morgan fingerprint density at radius 2 is 1.71 bits per heavy atom. The lowest BCUT2D eigenvalue weighted by Crippen LogP contribution is -2.56. The van der Waals surface area contributed by atoms with Crippen molar-refractivity contribution in [3.8, 4) is 0 Å². The average Bonchev–Trinajstić information content (AvgIpc) is 3.24. The highest BCUT2D eigenvalue weighted by molar-refractivity contribution is 5.94. The maximum absolute atomic E-state index is 13.0. The molecular formula is C22H39N5O7. The van der Waals surface area contributed by atoms with Crippen LogP contribution >= 0.6 is 0 Å². The Hall–Kier alpha value is -2.73. The molecule has 0 aromatic rings. The van der Waals surface area contributed by atoms with E-state index in [4.69, 9.17) is 16.6 Å². The maximum Gasteiger partial charge on any atom is 0.326 e. The van der Waals surface area contributed by atoms with Gasteiger partial charge in [-0.1, -0.05) is 13.8 Å². The molecule has 0 bridgehead atoms. The minimum absolute atomic E-state index is 0.216. The molecule has 34 heavy (non-hydrogen) atoms. The first-order valence-electron chi connectivity index (χ1n) is 11.8. The van der Waals surface area contributed by atoms with Crippen LogP contribution < -0.4 is 22.1 Å². The minimum Gasteiger partial charge on any atom is -0.481 e. The fraction of sp³-hybridized carbons (Fsp3) is 0.773. The fourth-order valence-electron chi connectivity index (χ4n) is 3.95. The number of carboxylic acid groups (broad SMARTS) is 2. The van der Waals surface area contributed by atoms with Crippen LogP contribution in [0.1, 0.15) is 65.2 Å². The molecule has 3 amide bonds. The summed E-state index contributed by atoms with van der Waals surface area (Å²) in [4.78, 5) is 62.3. The Balaban J connectivity index is 2.90. The van der Waals surface area contributed by atoms with E-state index in [1.54, 1.807) is 0 Å². The van der Waals surface area contributed by atoms with Crippen LogP contribution in [-0.4, -0.2) is 82.0 Å². The molecule has 1 aliphatic heterocycles. The van der Waals surface area contributed by atoms with Crippen LogP contribution in [0.4, 0.5) is 0 Å². The molecule has 0 saturated carbocycles. The van der Waals surface area contributed by atoms with Crippen molar-refractivity contribution in [3.05, 3.63) is 0 Å². The van der Waals surface area contributed by atoms with Gasteiger partial charge < -0.3 is 37.2 Å². The number of unbranched alkanes of at least 4 members (excludes halogenated alkanes) is 1. The van der Waals surface area contributed by atoms with Crippen molar-refractivity contribution < 1.29 is 34.2 Å². The number of aliphatic carboxylic acids is 2. The van der Waals surface area contributed by atoms with Gasteiger partial charge in [-0.05, 0) is 57.4 Å². The molecule has 0 aromatic carbocycles. The largest absolute Gasteiger partial charge is 0.481 e. The topological polar surface area (TPSA) is 205 Å². The van der Waals surface area contributed by atoms with E-state index in [2.05, 4.69) is 10.6 Å². The van der Waals surface area contributed by atoms with Crippen molar-refractivity contribution in [2.24, 2.45) is 17.4 Å². The number of nitrogens with zero attached hydrogens (tertiary/aromatic N) is 1. The zero-order chi connectivity index (χ0) is 25.8. The van der Waals surface area contributed by atoms with Gasteiger partial charge in [-0.15, -0.1) is 0 Å². The lowest BCUT2D eigenvalue weighted by Gasteiger charge is -2.29. The Labute approximate surface area is 199 Å². The summed E-state index contributed by atoms with van der Waals surface area (Å²) in [6, 6.07) is -3.94. The van der Waals surface area contributed by atoms with Gasteiger partial charge in [0, 0.05) is 13.0 Å². The highest BCUT2D eigenvalue weighted by atomic mass is 16.4. The van der Waals surface area contributed by atoms with Gasteiger partial charge in [-0.25, -0.2) is 4.79 Å². The number of likely N-dealkylation sites (tertiary alicyclic amines) is 1. The second-order valence-electron chi connectivity index (χ2n) is 9.10. The van der Waals surface area contributed by atoms with Crippen molar-refractivity contribution >= 4 is 29.7 Å². The number of hydrogen-bond acceptors (Lipinski definition) is 7. The third-order valence-corrected chi connectivity index (χ3v) is 5.72. The van der Waals surface area contributed by atoms with Crippen LogP contribution in [0, 0.1) is 5.92 Å². The molecule has 4 atom stereocenters. The monoisotopic (exact) mass is 485 g/mol. The molecule has 1 fully saturated rings. The summed E-state index contributed by atoms with van der Waals surface area (Å²) >= 11 is 0. The molecule has 0 radical (unpaired) electrons. The number of rotatable bonds is 15. The summed E-state index contributed by atoms with van der Waals surface area (Å²) in [6.45, 7) is 4.68. The molecule has 12 nitrogen and oxygen atoms in total. The lowest BCUT2D eigenvalue weighted by molar-refractivity contribution is -0.144. The van der Waals surface area contributed by atoms with Gasteiger partial charge in [0.2, 0.25) is 17.7 Å². The molecule has 8 N–H and O–H groups in total. The number of hydrogen-bond donors (Lipinski definition) is 6. The zero-order valence-corrected chi connectivity index (χ0v) is 20.0. The van der Waals surface area contributed by atoms with Gasteiger partial charge in [-0.2, -0.15) is 0 Å². The van der Waals surface area contributed by atoms with Crippen LogP contribution in [0.25, 0.3) is 0 Å². The first-order valence-corrected chi connectivity index (χ1v) is 11.8. The lowest BCUT2D eigenvalue weighted by atomic mass is 10.0. The van der Waals surface area contributed by atoms with Gasteiger partial charge in [0.1, 0.15) is 18.1 Å². The summed E-state index contributed by atoms with van der Waals surface area (Å²) in [5.74, 6) is -3.88. The Morgan fingerprint density at radius 3 is 2.26 bits per heavy atom. The van der Waals surface area contributed by atoms with Gasteiger partial charge in [0.05, 0.1) is 6.04 Å². The highest BCUT2D eigenvalue weighted by Crippen LogP contribution is 2.20. The smallest absolute Gasteiger partial charge is 0.326 e. The number of carbonyl (C=O) groups is 5. The van der Waals surface area contributed by atoms with Crippen LogP contribution in [0.3, 0.4) is 0 Å². The maximum atomic E-state index is 13.0. The van der Waals surface area contributed by atoms with Gasteiger partial charge in [0.25, 0.3) is 0 Å². The second kappa shape index (κ2) is 14.5. The first kappa shape index (κ1) is 29.3. The van der Waals surface area contributed by atoms with Crippen molar-refractivity contribution in [1.29, 1.82) is 0 Å². The van der Waals surface area contributed by atoms with E-state index in [1.807, 2.05) is 13.8 Å². The van der Waals surface area contributed by atoms with Gasteiger partial charge >= 0.3 is 11.9 Å². The number of carboxylic acids is 2. The van der Waals surface area contributed by atoms with Gasteiger partial charge in [0.15, 0.2) is 0 Å². The molecule has 1 saturated heterocycles. The Morgan fingerprint density at radius 1 is 1.03 bits per heavy atom. The molecule has 0 aromatic heterocycles. The predicted molar refractivity (Wildman–Crippen MR) is 123 cm³/mol. The number of amides is 3. The molecule has 12 heteroatoms. The molecule has 1 aliphatic rings. The quantitative estimate of drug-likeness (QED) is 0.163. The van der Waals surface area contributed by atoms with Crippen molar-refractivity contribution in [3.63, 3.8) is 0 Å². The first-order chi connectivity index (χ1) is 16.0. The van der Waals surface area contributed by atoms with E-state index < -0.39 is 54.3 Å². The van der Waals surface area contributed by atoms with Crippen LogP contribution in [0.2, 0.25) is 0 Å². The van der Waals surface area contributed by atoms with Gasteiger partial charge in [-0.3, -0.25) is 19.2 Å². The number of nitrogens with two attached hydrogens (primary N) is 2. The van der Waals surface area contributed by atoms with Crippen LogP contribution in [-0.2, 0) is 24.0 Å². The fourth-order valence-corrected chi connectivity index (χ4v) is 3.95. The van der Waals surface area contributed by atoms with Crippen molar-refractivity contribution in [2.75, 3.05) is 13.1 Å². The molecule has 4 unspecified atom stereocenters. The standard InChI is InChI=1S/C22H39N5O7/c1-13(2)12-14(24)21(32)27-11-5-7-17(27)20(31)25-15(6-3-4-10-23)19(30)26-16(22(33)34)8-9-18(28)29/h13-17H,3-12,23-24H2,1-2H3,(H,25,31)(H,26,30)(H,28,29)(H,33,34). The summed E-state index contributed by atoms with van der Waals surface area (Å²) in [5.41, 5.74) is 11.5. The third kappa shape index (κ3) is 9.64. The number of carbonyl (C=O) groups excluding carboxylic acids is 3. The molecule has 0 spiro atoms. The highest BCUT2D eigenvalue weighted by Gasteiger charge is 2.38. The Bertz CT molecular complexity index is 730. The van der Waals surface area contributed by atoms with Crippen LogP contribution in [0.15, 0.2) is 0 Å². The SMILES string of the molecule is CC(C)CC(N)C(=O)N1CCCC1C(=O)NC(CCCCN)C(=O)NC(CCC(=O)O)C(=O)O. The molecular weight excluding hydrogens is 446 g/mol. The Kier molecular flexibility index (Phi) is 12.5. The summed E-state index contributed by atoms with van der Waals surface area (Å²) in [6.07, 6.45) is 2.13. The second-order valence-corrected chi connectivity index (χ2v) is 9.10. The average molecular weight is 486 g/mol. The summed E-state index contributed by atoms with van der Waals surface area (Å²) < 4.78 is 0.